The molecule has 0 bridgehead atoms. The zero-order valence-corrected chi connectivity index (χ0v) is 12.0. The van der Waals surface area contributed by atoms with Crippen LogP contribution in [0.1, 0.15) is 29.7 Å². The highest BCUT2D eigenvalue weighted by molar-refractivity contribution is 6.30. The van der Waals surface area contributed by atoms with Gasteiger partial charge in [0.1, 0.15) is 5.84 Å². The molecule has 0 fully saturated rings. The lowest BCUT2D eigenvalue weighted by molar-refractivity contribution is 0.323. The van der Waals surface area contributed by atoms with Gasteiger partial charge in [0.25, 0.3) is 0 Å². The van der Waals surface area contributed by atoms with Gasteiger partial charge < -0.3 is 4.90 Å². The Morgan fingerprint density at radius 3 is 2.65 bits per heavy atom. The van der Waals surface area contributed by atoms with Crippen LogP contribution in [0.2, 0.25) is 5.02 Å². The summed E-state index contributed by atoms with van der Waals surface area (Å²) in [6, 6.07) is 17.5. The zero-order chi connectivity index (χ0) is 13.7. The molecule has 0 saturated carbocycles. The maximum absolute atomic E-state index is 6.02. The number of amidine groups is 1. The topological polar surface area (TPSA) is 15.6 Å². The molecule has 2 atom stereocenters. The van der Waals surface area contributed by atoms with E-state index in [2.05, 4.69) is 48.2 Å². The van der Waals surface area contributed by atoms with Crippen molar-refractivity contribution in [2.45, 2.75) is 19.0 Å². The molecular formula is C17H15ClN2. The van der Waals surface area contributed by atoms with Crippen LogP contribution in [0.25, 0.3) is 0 Å². The van der Waals surface area contributed by atoms with Gasteiger partial charge in [0, 0.05) is 16.6 Å². The van der Waals surface area contributed by atoms with Gasteiger partial charge in [-0.3, -0.25) is 4.99 Å². The van der Waals surface area contributed by atoms with Crippen molar-refractivity contribution < 1.29 is 0 Å². The number of nitrogens with zero attached hydrogens (tertiary/aromatic N) is 2. The van der Waals surface area contributed by atoms with E-state index in [1.807, 2.05) is 12.1 Å². The number of benzene rings is 2. The van der Waals surface area contributed by atoms with Crippen molar-refractivity contribution in [2.24, 2.45) is 4.99 Å². The highest BCUT2D eigenvalue weighted by Crippen LogP contribution is 2.42. The molecular weight excluding hydrogens is 268 g/mol. The Hall–Kier alpha value is -1.80. The number of hydrogen-bond acceptors (Lipinski definition) is 2. The summed E-state index contributed by atoms with van der Waals surface area (Å²) in [5.41, 5.74) is 3.90. The van der Waals surface area contributed by atoms with Crippen molar-refractivity contribution in [2.75, 3.05) is 6.54 Å². The lowest BCUT2D eigenvalue weighted by Gasteiger charge is -2.28. The Balaban J connectivity index is 1.89. The molecule has 3 heteroatoms. The molecule has 4 rings (SSSR count). The van der Waals surface area contributed by atoms with Gasteiger partial charge in [-0.2, -0.15) is 0 Å². The second-order valence-electron chi connectivity index (χ2n) is 5.46. The molecule has 0 amide bonds. The van der Waals surface area contributed by atoms with Crippen LogP contribution in [0.3, 0.4) is 0 Å². The van der Waals surface area contributed by atoms with Crippen LogP contribution in [0.4, 0.5) is 0 Å². The van der Waals surface area contributed by atoms with E-state index in [0.29, 0.717) is 6.04 Å². The fourth-order valence-electron chi connectivity index (χ4n) is 3.27. The Morgan fingerprint density at radius 2 is 1.85 bits per heavy atom. The van der Waals surface area contributed by atoms with Crippen LogP contribution in [0.15, 0.2) is 53.5 Å². The summed E-state index contributed by atoms with van der Waals surface area (Å²) in [7, 11) is 0. The lowest BCUT2D eigenvalue weighted by Crippen LogP contribution is -2.33. The molecule has 0 saturated heterocycles. The number of hydrogen-bond donors (Lipinski definition) is 0. The Bertz CT molecular complexity index is 690. The number of halogens is 1. The third-order valence-electron chi connectivity index (χ3n) is 4.18. The molecule has 0 aromatic heterocycles. The lowest BCUT2D eigenvalue weighted by atomic mass is 9.97. The van der Waals surface area contributed by atoms with E-state index < -0.39 is 0 Å². The van der Waals surface area contributed by atoms with Crippen LogP contribution < -0.4 is 0 Å². The SMILES string of the molecule is CC1CN=C2c3ccccc3C(c3ccc(Cl)cc3)N21. The van der Waals surface area contributed by atoms with Gasteiger partial charge in [-0.25, -0.2) is 0 Å². The first-order valence-corrected chi connectivity index (χ1v) is 7.31. The normalized spacial score (nSPS) is 23.5. The van der Waals surface area contributed by atoms with Crippen molar-refractivity contribution in [3.8, 4) is 0 Å². The molecule has 0 radical (unpaired) electrons. The first-order valence-electron chi connectivity index (χ1n) is 6.93. The van der Waals surface area contributed by atoms with E-state index in [1.165, 1.54) is 16.7 Å². The molecule has 2 aromatic carbocycles. The molecule has 2 aliphatic heterocycles. The van der Waals surface area contributed by atoms with Gasteiger partial charge in [-0.05, 0) is 30.2 Å². The fraction of sp³-hybridized carbons (Fsp3) is 0.235. The van der Waals surface area contributed by atoms with E-state index in [1.54, 1.807) is 0 Å². The smallest absolute Gasteiger partial charge is 0.132 e. The Kier molecular flexibility index (Phi) is 2.61. The molecule has 2 nitrogen and oxygen atoms in total. The van der Waals surface area contributed by atoms with Crippen molar-refractivity contribution in [3.05, 3.63) is 70.2 Å². The molecule has 2 unspecified atom stereocenters. The predicted octanol–water partition coefficient (Wildman–Crippen LogP) is 3.89. The summed E-state index contributed by atoms with van der Waals surface area (Å²) in [6.07, 6.45) is 0. The molecule has 2 aliphatic rings. The average Bonchev–Trinajstić information content (AvgIpc) is 2.99. The maximum Gasteiger partial charge on any atom is 0.132 e. The van der Waals surface area contributed by atoms with Crippen molar-refractivity contribution >= 4 is 17.4 Å². The minimum absolute atomic E-state index is 0.264. The number of fused-ring (bicyclic) bond motifs is 3. The molecule has 0 spiro atoms. The Morgan fingerprint density at radius 1 is 1.10 bits per heavy atom. The highest BCUT2D eigenvalue weighted by atomic mass is 35.5. The van der Waals surface area contributed by atoms with Crippen LogP contribution in [0, 0.1) is 0 Å². The summed E-state index contributed by atoms with van der Waals surface area (Å²) < 4.78 is 0. The van der Waals surface area contributed by atoms with Crippen LogP contribution in [-0.2, 0) is 0 Å². The first-order chi connectivity index (χ1) is 9.75. The molecule has 2 heterocycles. The summed E-state index contributed by atoms with van der Waals surface area (Å²) in [5.74, 6) is 1.15. The van der Waals surface area contributed by atoms with Gasteiger partial charge in [-0.1, -0.05) is 48.0 Å². The van der Waals surface area contributed by atoms with Crippen LogP contribution >= 0.6 is 11.6 Å². The second kappa shape index (κ2) is 4.35. The zero-order valence-electron chi connectivity index (χ0n) is 11.3. The van der Waals surface area contributed by atoms with E-state index in [0.717, 1.165) is 17.4 Å². The van der Waals surface area contributed by atoms with Crippen LogP contribution in [0.5, 0.6) is 0 Å². The summed E-state index contributed by atoms with van der Waals surface area (Å²) in [5, 5.41) is 0.781. The second-order valence-corrected chi connectivity index (χ2v) is 5.90. The number of aliphatic imine (C=N–C) groups is 1. The first kappa shape index (κ1) is 12.0. The highest BCUT2D eigenvalue weighted by Gasteiger charge is 2.40. The summed E-state index contributed by atoms with van der Waals surface area (Å²) in [4.78, 5) is 7.17. The fourth-order valence-corrected chi connectivity index (χ4v) is 3.40. The minimum Gasteiger partial charge on any atom is -0.341 e. The van der Waals surface area contributed by atoms with Crippen LogP contribution in [-0.4, -0.2) is 23.3 Å². The monoisotopic (exact) mass is 282 g/mol. The standard InChI is InChI=1S/C17H15ClN2/c1-11-10-19-17-15-5-3-2-4-14(15)16(20(11)17)12-6-8-13(18)9-7-12/h2-9,11,16H,10H2,1H3. The third-order valence-corrected chi connectivity index (χ3v) is 4.44. The average molecular weight is 283 g/mol. The van der Waals surface area contributed by atoms with Crippen molar-refractivity contribution in [1.29, 1.82) is 0 Å². The molecule has 100 valence electrons. The van der Waals surface area contributed by atoms with Gasteiger partial charge >= 0.3 is 0 Å². The van der Waals surface area contributed by atoms with E-state index in [-0.39, 0.29) is 6.04 Å². The number of rotatable bonds is 1. The summed E-state index contributed by atoms with van der Waals surface area (Å²) >= 11 is 6.02. The predicted molar refractivity (Wildman–Crippen MR) is 82.4 cm³/mol. The minimum atomic E-state index is 0.264. The molecule has 20 heavy (non-hydrogen) atoms. The van der Waals surface area contributed by atoms with Crippen molar-refractivity contribution in [3.63, 3.8) is 0 Å². The Labute approximate surface area is 123 Å². The van der Waals surface area contributed by atoms with E-state index in [9.17, 15) is 0 Å². The van der Waals surface area contributed by atoms with Crippen molar-refractivity contribution in [1.82, 2.24) is 4.90 Å². The van der Waals surface area contributed by atoms with E-state index in [4.69, 9.17) is 16.6 Å². The third kappa shape index (κ3) is 1.61. The quantitative estimate of drug-likeness (QED) is 0.775. The van der Waals surface area contributed by atoms with Gasteiger partial charge in [0.05, 0.1) is 12.6 Å². The van der Waals surface area contributed by atoms with Gasteiger partial charge in [-0.15, -0.1) is 0 Å². The summed E-state index contributed by atoms with van der Waals surface area (Å²) in [6.45, 7) is 3.12. The molecule has 2 aromatic rings. The van der Waals surface area contributed by atoms with Gasteiger partial charge in [0.2, 0.25) is 0 Å². The maximum atomic E-state index is 6.02. The molecule has 0 N–H and O–H groups in total. The van der Waals surface area contributed by atoms with E-state index >= 15 is 0 Å². The largest absolute Gasteiger partial charge is 0.341 e. The molecule has 0 aliphatic carbocycles. The van der Waals surface area contributed by atoms with Gasteiger partial charge in [0.15, 0.2) is 0 Å².